The number of carboxylic acid groups (broad SMARTS) is 1. The quantitative estimate of drug-likeness (QED) is 0.243. The molecule has 0 fully saturated rings. The highest BCUT2D eigenvalue weighted by molar-refractivity contribution is 7.15. The Morgan fingerprint density at radius 1 is 1.05 bits per heavy atom. The first-order chi connectivity index (χ1) is 18.2. The molecule has 1 aliphatic carbocycles. The third-order valence-electron chi connectivity index (χ3n) is 6.90. The minimum atomic E-state index is -1.03. The Morgan fingerprint density at radius 3 is 2.53 bits per heavy atom. The van der Waals surface area contributed by atoms with Crippen LogP contribution in [0.2, 0.25) is 5.02 Å². The summed E-state index contributed by atoms with van der Waals surface area (Å²) in [6.45, 7) is 6.04. The fourth-order valence-electron chi connectivity index (χ4n) is 4.89. The number of carbonyl (C=O) groups excluding carboxylic acids is 1. The molecule has 2 aromatic carbocycles. The molecule has 2 heterocycles. The normalized spacial score (nSPS) is 13.1. The van der Waals surface area contributed by atoms with E-state index in [1.165, 1.54) is 23.1 Å². The minimum Gasteiger partial charge on any atom is -0.478 e. The topological polar surface area (TPSA) is 83.7 Å². The van der Waals surface area contributed by atoms with Crippen molar-refractivity contribution in [1.82, 2.24) is 4.57 Å². The number of anilines is 1. The lowest BCUT2D eigenvalue weighted by molar-refractivity contribution is 0.0696. The van der Waals surface area contributed by atoms with Crippen molar-refractivity contribution in [2.75, 3.05) is 5.32 Å². The molecule has 8 heteroatoms. The maximum atomic E-state index is 13.7. The summed E-state index contributed by atoms with van der Waals surface area (Å²) in [5, 5.41) is 13.7. The highest BCUT2D eigenvalue weighted by Gasteiger charge is 2.28. The molecule has 0 radical (unpaired) electrons. The summed E-state index contributed by atoms with van der Waals surface area (Å²) in [5.74, 6) is -1.13. The van der Waals surface area contributed by atoms with E-state index >= 15 is 0 Å². The summed E-state index contributed by atoms with van der Waals surface area (Å²) >= 11 is 7.96. The van der Waals surface area contributed by atoms with E-state index in [0.29, 0.717) is 10.7 Å². The fourth-order valence-corrected chi connectivity index (χ4v) is 6.55. The molecule has 0 bridgehead atoms. The van der Waals surface area contributed by atoms with Gasteiger partial charge in [0.05, 0.1) is 21.8 Å². The van der Waals surface area contributed by atoms with Gasteiger partial charge < -0.3 is 15.0 Å². The van der Waals surface area contributed by atoms with Crippen LogP contribution in [0, 0.1) is 20.8 Å². The van der Waals surface area contributed by atoms with Gasteiger partial charge in [-0.25, -0.2) is 4.79 Å². The van der Waals surface area contributed by atoms with Gasteiger partial charge in [0.2, 0.25) is 0 Å². The predicted molar refractivity (Wildman–Crippen MR) is 155 cm³/mol. The molecule has 5 rings (SSSR count). The van der Waals surface area contributed by atoms with E-state index in [1.54, 1.807) is 17.6 Å². The van der Waals surface area contributed by atoms with Gasteiger partial charge in [0.25, 0.3) is 5.91 Å². The van der Waals surface area contributed by atoms with Crippen LogP contribution in [-0.2, 0) is 12.8 Å². The lowest BCUT2D eigenvalue weighted by Gasteiger charge is -2.14. The van der Waals surface area contributed by atoms with E-state index in [1.807, 2.05) is 51.1 Å². The van der Waals surface area contributed by atoms with Crippen LogP contribution in [0.4, 0.5) is 11.4 Å². The number of aromatic nitrogens is 1. The molecule has 2 aromatic heterocycles. The molecule has 6 nitrogen and oxygen atoms in total. The number of aryl methyl sites for hydroxylation is 3. The van der Waals surface area contributed by atoms with Gasteiger partial charge >= 0.3 is 5.97 Å². The summed E-state index contributed by atoms with van der Waals surface area (Å²) < 4.78 is 2.13. The number of fused-ring (bicyclic) bond motifs is 1. The van der Waals surface area contributed by atoms with Crippen molar-refractivity contribution in [3.8, 4) is 5.00 Å². The minimum absolute atomic E-state index is 0.0942. The first-order valence-corrected chi connectivity index (χ1v) is 13.7. The van der Waals surface area contributed by atoms with E-state index in [2.05, 4.69) is 14.9 Å². The van der Waals surface area contributed by atoms with Crippen molar-refractivity contribution >= 4 is 52.4 Å². The third kappa shape index (κ3) is 5.04. The van der Waals surface area contributed by atoms with Crippen molar-refractivity contribution in [2.24, 2.45) is 4.99 Å². The summed E-state index contributed by atoms with van der Waals surface area (Å²) in [7, 11) is 0. The first kappa shape index (κ1) is 25.9. The lowest BCUT2D eigenvalue weighted by Crippen LogP contribution is -2.17. The molecule has 0 atom stereocenters. The number of nitrogens with one attached hydrogen (secondary N) is 1. The number of thiophene rings is 1. The number of amides is 1. The van der Waals surface area contributed by atoms with Gasteiger partial charge in [0, 0.05) is 33.7 Å². The lowest BCUT2D eigenvalue weighted by atomic mass is 9.95. The molecule has 4 aromatic rings. The molecule has 1 amide bonds. The van der Waals surface area contributed by atoms with Gasteiger partial charge in [-0.15, -0.1) is 11.3 Å². The number of halogens is 1. The van der Waals surface area contributed by atoms with E-state index < -0.39 is 5.97 Å². The van der Waals surface area contributed by atoms with Gasteiger partial charge in [-0.3, -0.25) is 9.79 Å². The van der Waals surface area contributed by atoms with Crippen molar-refractivity contribution < 1.29 is 14.7 Å². The summed E-state index contributed by atoms with van der Waals surface area (Å²) in [4.78, 5) is 30.8. The van der Waals surface area contributed by atoms with E-state index in [4.69, 9.17) is 11.6 Å². The Hall–Kier alpha value is -3.68. The molecule has 194 valence electrons. The van der Waals surface area contributed by atoms with Crippen LogP contribution in [0.1, 0.15) is 66.5 Å². The van der Waals surface area contributed by atoms with Gasteiger partial charge in [0.15, 0.2) is 0 Å². The SMILES string of the molecule is Cc1ccc(NC(=O)c2c(-n3c(C)cc(C=Nc4cc(C(=O)O)ccc4Cl)c3C)sc3c2CCCC3)cc1. The van der Waals surface area contributed by atoms with Crippen molar-refractivity contribution in [1.29, 1.82) is 0 Å². The molecule has 2 N–H and O–H groups in total. The number of hydrogen-bond donors (Lipinski definition) is 2. The first-order valence-electron chi connectivity index (χ1n) is 12.5. The maximum Gasteiger partial charge on any atom is 0.335 e. The number of aliphatic imine (C=N–C) groups is 1. The van der Waals surface area contributed by atoms with E-state index in [9.17, 15) is 14.7 Å². The zero-order valence-corrected chi connectivity index (χ0v) is 23.0. The van der Waals surface area contributed by atoms with Crippen LogP contribution in [0.25, 0.3) is 5.00 Å². The van der Waals surface area contributed by atoms with Crippen molar-refractivity contribution in [3.05, 3.63) is 97.6 Å². The Labute approximate surface area is 230 Å². The van der Waals surface area contributed by atoms with Crippen LogP contribution in [0.15, 0.2) is 53.5 Å². The zero-order valence-electron chi connectivity index (χ0n) is 21.5. The molecule has 0 unspecified atom stereocenters. The van der Waals surface area contributed by atoms with Crippen molar-refractivity contribution in [3.63, 3.8) is 0 Å². The van der Waals surface area contributed by atoms with Crippen LogP contribution < -0.4 is 5.32 Å². The smallest absolute Gasteiger partial charge is 0.335 e. The van der Waals surface area contributed by atoms with Crippen LogP contribution >= 0.6 is 22.9 Å². The number of carboxylic acids is 1. The molecule has 0 saturated heterocycles. The van der Waals surface area contributed by atoms with E-state index in [0.717, 1.165) is 70.0 Å². The molecular weight excluding hydrogens is 518 g/mol. The monoisotopic (exact) mass is 545 g/mol. The number of hydrogen-bond acceptors (Lipinski definition) is 4. The zero-order chi connectivity index (χ0) is 27.0. The van der Waals surface area contributed by atoms with Gasteiger partial charge in [-0.05, 0) is 88.4 Å². The fraction of sp³-hybridized carbons (Fsp3) is 0.233. The van der Waals surface area contributed by atoms with Gasteiger partial charge in [-0.1, -0.05) is 29.3 Å². The highest BCUT2D eigenvalue weighted by atomic mass is 35.5. The van der Waals surface area contributed by atoms with Crippen LogP contribution in [0.3, 0.4) is 0 Å². The molecule has 0 aliphatic heterocycles. The summed E-state index contributed by atoms with van der Waals surface area (Å²) in [5.41, 5.74) is 7.12. The molecule has 1 aliphatic rings. The number of carbonyl (C=O) groups is 2. The largest absolute Gasteiger partial charge is 0.478 e. The predicted octanol–water partition coefficient (Wildman–Crippen LogP) is 7.70. The summed E-state index contributed by atoms with van der Waals surface area (Å²) in [6, 6.07) is 14.3. The highest BCUT2D eigenvalue weighted by Crippen LogP contribution is 2.39. The second-order valence-electron chi connectivity index (χ2n) is 9.60. The Kier molecular flexibility index (Phi) is 7.23. The Balaban J connectivity index is 1.55. The van der Waals surface area contributed by atoms with Crippen LogP contribution in [-0.4, -0.2) is 27.8 Å². The number of aromatic carboxylic acids is 1. The maximum absolute atomic E-state index is 13.7. The average Bonchev–Trinajstić information content (AvgIpc) is 3.40. The molecular formula is C30H28ClN3O3S. The molecule has 0 spiro atoms. The standard InChI is InChI=1S/C30H28ClN3O3S/c1-17-8-11-22(12-9-17)33-28(35)27-23-6-4-5-7-26(23)38-29(27)34-18(2)14-21(19(34)3)16-32-25-15-20(30(36)37)10-13-24(25)31/h8-16H,4-7H2,1-3H3,(H,33,35)(H,36,37). The molecule has 0 saturated carbocycles. The third-order valence-corrected chi connectivity index (χ3v) is 8.49. The van der Waals surface area contributed by atoms with Gasteiger partial charge in [0.1, 0.15) is 5.00 Å². The number of nitrogens with zero attached hydrogens (tertiary/aromatic N) is 2. The van der Waals surface area contributed by atoms with Gasteiger partial charge in [-0.2, -0.15) is 0 Å². The number of benzene rings is 2. The second-order valence-corrected chi connectivity index (χ2v) is 11.1. The average molecular weight is 546 g/mol. The Morgan fingerprint density at radius 2 is 1.79 bits per heavy atom. The number of rotatable bonds is 6. The van der Waals surface area contributed by atoms with Crippen molar-refractivity contribution in [2.45, 2.75) is 46.5 Å². The second kappa shape index (κ2) is 10.6. The molecule has 38 heavy (non-hydrogen) atoms. The van der Waals surface area contributed by atoms with E-state index in [-0.39, 0.29) is 11.5 Å². The summed E-state index contributed by atoms with van der Waals surface area (Å²) in [6.07, 6.45) is 5.78. The Bertz CT molecular complexity index is 1580. The van der Waals surface area contributed by atoms with Crippen LogP contribution in [0.5, 0.6) is 0 Å².